The Morgan fingerprint density at radius 1 is 1.07 bits per heavy atom. The largest absolute Gasteiger partial charge is 0.484 e. The number of hydrogen-bond donors (Lipinski definition) is 1. The molecule has 0 atom stereocenters. The number of carbonyl (C=O) groups excluding carboxylic acids is 2. The maximum absolute atomic E-state index is 12.0. The first-order chi connectivity index (χ1) is 14.0. The van der Waals surface area contributed by atoms with Gasteiger partial charge in [-0.2, -0.15) is 0 Å². The van der Waals surface area contributed by atoms with E-state index in [1.807, 2.05) is 13.8 Å². The van der Waals surface area contributed by atoms with Crippen LogP contribution in [0.2, 0.25) is 0 Å². The number of hydrogen-bond acceptors (Lipinski definition) is 5. The lowest BCUT2D eigenvalue weighted by atomic mass is 10.1. The van der Waals surface area contributed by atoms with Crippen LogP contribution in [0.4, 0.5) is 0 Å². The summed E-state index contributed by atoms with van der Waals surface area (Å²) in [6, 6.07) is 15.1. The number of carbonyl (C=O) groups is 2. The number of benzene rings is 2. The van der Waals surface area contributed by atoms with E-state index in [-0.39, 0.29) is 18.3 Å². The third-order valence-corrected chi connectivity index (χ3v) is 5.25. The zero-order valence-corrected chi connectivity index (χ0v) is 17.4. The zero-order chi connectivity index (χ0) is 20.6. The molecule has 0 saturated carbocycles. The van der Waals surface area contributed by atoms with Crippen molar-refractivity contribution in [1.82, 2.24) is 10.3 Å². The summed E-state index contributed by atoms with van der Waals surface area (Å²) in [5.41, 5.74) is 3.90. The first kappa shape index (κ1) is 20.7. The van der Waals surface area contributed by atoms with Crippen LogP contribution in [0.3, 0.4) is 0 Å². The molecule has 0 spiro atoms. The van der Waals surface area contributed by atoms with E-state index in [4.69, 9.17) is 4.74 Å². The van der Waals surface area contributed by atoms with E-state index in [2.05, 4.69) is 39.9 Å². The quantitative estimate of drug-likeness (QED) is 0.531. The van der Waals surface area contributed by atoms with Crippen molar-refractivity contribution in [3.05, 3.63) is 70.0 Å². The van der Waals surface area contributed by atoms with Gasteiger partial charge in [-0.1, -0.05) is 31.2 Å². The number of Topliss-reactive ketones (excluding diaryl/α,β-unsaturated/α-hetero) is 1. The summed E-state index contributed by atoms with van der Waals surface area (Å²) in [6.07, 6.45) is 1.21. The fourth-order valence-electron chi connectivity index (χ4n) is 2.83. The number of nitrogens with one attached hydrogen (secondary N) is 1. The van der Waals surface area contributed by atoms with Crippen molar-refractivity contribution in [1.29, 1.82) is 0 Å². The molecule has 0 fully saturated rings. The van der Waals surface area contributed by atoms with Gasteiger partial charge < -0.3 is 10.1 Å². The molecule has 5 nitrogen and oxygen atoms in total. The second kappa shape index (κ2) is 9.98. The average Bonchev–Trinajstić information content (AvgIpc) is 3.19. The normalized spacial score (nSPS) is 10.6. The van der Waals surface area contributed by atoms with E-state index >= 15 is 0 Å². The summed E-state index contributed by atoms with van der Waals surface area (Å²) in [6.45, 7) is 4.31. The fraction of sp³-hybridized carbons (Fsp3) is 0.261. The van der Waals surface area contributed by atoms with Gasteiger partial charge in [0.15, 0.2) is 12.4 Å². The molecule has 1 amide bonds. The molecule has 0 saturated heterocycles. The highest BCUT2D eigenvalue weighted by Crippen LogP contribution is 2.21. The summed E-state index contributed by atoms with van der Waals surface area (Å²) in [5.74, 6) is 0.484. The van der Waals surface area contributed by atoms with Crippen molar-refractivity contribution in [2.45, 2.75) is 26.7 Å². The standard InChI is InChI=1S/C23H24N2O3S/c1-3-22(26)19-8-10-20(11-9-19)28-14-23(27)24-13-12-17-4-6-18(7-5-17)21-15-29-16(2)25-21/h4-11,15H,3,12-14H2,1-2H3,(H,24,27). The van der Waals surface area contributed by atoms with E-state index < -0.39 is 0 Å². The van der Waals surface area contributed by atoms with Crippen LogP contribution >= 0.6 is 11.3 Å². The SMILES string of the molecule is CCC(=O)c1ccc(OCC(=O)NCCc2ccc(-c3csc(C)n3)cc2)cc1. The summed E-state index contributed by atoms with van der Waals surface area (Å²) in [4.78, 5) is 28.1. The van der Waals surface area contributed by atoms with Crippen molar-refractivity contribution in [3.63, 3.8) is 0 Å². The third-order valence-electron chi connectivity index (χ3n) is 4.47. The summed E-state index contributed by atoms with van der Waals surface area (Å²) < 4.78 is 5.48. The summed E-state index contributed by atoms with van der Waals surface area (Å²) in [5, 5.41) is 5.97. The van der Waals surface area contributed by atoms with Crippen molar-refractivity contribution >= 4 is 23.0 Å². The number of thiazole rings is 1. The molecule has 1 heterocycles. The molecule has 0 bridgehead atoms. The lowest BCUT2D eigenvalue weighted by molar-refractivity contribution is -0.123. The van der Waals surface area contributed by atoms with Gasteiger partial charge in [0.25, 0.3) is 5.91 Å². The van der Waals surface area contributed by atoms with Crippen LogP contribution in [0.25, 0.3) is 11.3 Å². The number of ketones is 1. The van der Waals surface area contributed by atoms with Gasteiger partial charge in [-0.15, -0.1) is 11.3 Å². The highest BCUT2D eigenvalue weighted by atomic mass is 32.1. The Morgan fingerprint density at radius 2 is 1.79 bits per heavy atom. The second-order valence-electron chi connectivity index (χ2n) is 6.64. The molecule has 3 aromatic rings. The van der Waals surface area contributed by atoms with Crippen molar-refractivity contribution < 1.29 is 14.3 Å². The molecule has 0 aliphatic heterocycles. The van der Waals surface area contributed by atoms with Crippen molar-refractivity contribution in [2.75, 3.05) is 13.2 Å². The lowest BCUT2D eigenvalue weighted by Crippen LogP contribution is -2.30. The molecular weight excluding hydrogens is 384 g/mol. The number of aryl methyl sites for hydroxylation is 1. The smallest absolute Gasteiger partial charge is 0.257 e. The van der Waals surface area contributed by atoms with Crippen LogP contribution in [-0.4, -0.2) is 29.8 Å². The van der Waals surface area contributed by atoms with Gasteiger partial charge in [0.2, 0.25) is 0 Å². The highest BCUT2D eigenvalue weighted by Gasteiger charge is 2.06. The van der Waals surface area contributed by atoms with E-state index in [0.717, 1.165) is 28.2 Å². The summed E-state index contributed by atoms with van der Waals surface area (Å²) >= 11 is 1.64. The topological polar surface area (TPSA) is 68.3 Å². The van der Waals surface area contributed by atoms with Crippen molar-refractivity contribution in [2.24, 2.45) is 0 Å². The molecule has 0 aliphatic carbocycles. The van der Waals surface area contributed by atoms with Crippen molar-refractivity contribution in [3.8, 4) is 17.0 Å². The Balaban J connectivity index is 1.40. The van der Waals surface area contributed by atoms with Gasteiger partial charge in [0.05, 0.1) is 10.7 Å². The second-order valence-corrected chi connectivity index (χ2v) is 7.70. The molecular formula is C23H24N2O3S. The van der Waals surface area contributed by atoms with Crippen LogP contribution < -0.4 is 10.1 Å². The molecule has 150 valence electrons. The molecule has 6 heteroatoms. The van der Waals surface area contributed by atoms with Crippen LogP contribution in [0.1, 0.15) is 34.3 Å². The van der Waals surface area contributed by atoms with Crippen LogP contribution in [0.5, 0.6) is 5.75 Å². The Kier molecular flexibility index (Phi) is 7.14. The molecule has 2 aromatic carbocycles. The maximum atomic E-state index is 12.0. The molecule has 0 aliphatic rings. The first-order valence-corrected chi connectivity index (χ1v) is 10.5. The predicted molar refractivity (Wildman–Crippen MR) is 116 cm³/mol. The van der Waals surface area contributed by atoms with Gasteiger partial charge >= 0.3 is 0 Å². The average molecular weight is 409 g/mol. The molecule has 29 heavy (non-hydrogen) atoms. The first-order valence-electron chi connectivity index (χ1n) is 9.59. The molecule has 0 radical (unpaired) electrons. The van der Waals surface area contributed by atoms with Gasteiger partial charge in [0.1, 0.15) is 5.75 Å². The molecule has 1 aromatic heterocycles. The van der Waals surface area contributed by atoms with Gasteiger partial charge in [-0.25, -0.2) is 4.98 Å². The van der Waals surface area contributed by atoms with Gasteiger partial charge in [0, 0.05) is 29.5 Å². The van der Waals surface area contributed by atoms with E-state index in [9.17, 15) is 9.59 Å². The molecule has 3 rings (SSSR count). The van der Waals surface area contributed by atoms with Crippen LogP contribution in [0.15, 0.2) is 53.9 Å². The number of nitrogens with zero attached hydrogens (tertiary/aromatic N) is 1. The monoisotopic (exact) mass is 408 g/mol. The van der Waals surface area contributed by atoms with Gasteiger partial charge in [-0.05, 0) is 43.2 Å². The number of ether oxygens (including phenoxy) is 1. The zero-order valence-electron chi connectivity index (χ0n) is 16.6. The minimum atomic E-state index is -0.173. The Bertz CT molecular complexity index is 963. The van der Waals surface area contributed by atoms with E-state index in [1.54, 1.807) is 35.6 Å². The van der Waals surface area contributed by atoms with Gasteiger partial charge in [-0.3, -0.25) is 9.59 Å². The Morgan fingerprint density at radius 3 is 2.41 bits per heavy atom. The third kappa shape index (κ3) is 5.99. The molecule has 0 unspecified atom stereocenters. The van der Waals surface area contributed by atoms with Crippen LogP contribution in [-0.2, 0) is 11.2 Å². The minimum absolute atomic E-state index is 0.0524. The highest BCUT2D eigenvalue weighted by molar-refractivity contribution is 7.09. The van der Waals surface area contributed by atoms with Crippen LogP contribution in [0, 0.1) is 6.92 Å². The summed E-state index contributed by atoms with van der Waals surface area (Å²) in [7, 11) is 0. The maximum Gasteiger partial charge on any atom is 0.257 e. The van der Waals surface area contributed by atoms with E-state index in [1.165, 1.54) is 0 Å². The number of rotatable bonds is 9. The minimum Gasteiger partial charge on any atom is -0.484 e. The number of aromatic nitrogens is 1. The van der Waals surface area contributed by atoms with E-state index in [0.29, 0.717) is 24.3 Å². The fourth-order valence-corrected chi connectivity index (χ4v) is 3.45. The Hall–Kier alpha value is -2.99. The number of amides is 1. The molecule has 1 N–H and O–H groups in total. The lowest BCUT2D eigenvalue weighted by Gasteiger charge is -2.08. The Labute approximate surface area is 174 Å². The predicted octanol–water partition coefficient (Wildman–Crippen LogP) is 4.45.